The summed E-state index contributed by atoms with van der Waals surface area (Å²) in [6, 6.07) is 8.66. The van der Waals surface area contributed by atoms with Crippen LogP contribution < -0.4 is 11.1 Å². The van der Waals surface area contributed by atoms with Crippen LogP contribution in [0.15, 0.2) is 48.7 Å². The summed E-state index contributed by atoms with van der Waals surface area (Å²) >= 11 is 0. The van der Waals surface area contributed by atoms with Gasteiger partial charge < -0.3 is 16.5 Å². The Bertz CT molecular complexity index is 749. The average Bonchev–Trinajstić information content (AvgIpc) is 2.54. The number of allylic oxidation sites excluding steroid dienone is 1. The predicted octanol–water partition coefficient (Wildman–Crippen LogP) is 4.41. The van der Waals surface area contributed by atoms with Crippen molar-refractivity contribution in [3.05, 3.63) is 71.2 Å². The lowest BCUT2D eigenvalue weighted by Crippen LogP contribution is -2.04. The number of hydrogen-bond acceptors (Lipinski definition) is 3. The van der Waals surface area contributed by atoms with Crippen LogP contribution in [0.25, 0.3) is 5.57 Å². The highest BCUT2D eigenvalue weighted by Gasteiger charge is 2.29. The maximum Gasteiger partial charge on any atom is 0.416 e. The summed E-state index contributed by atoms with van der Waals surface area (Å²) in [4.78, 5) is 0. The number of rotatable bonds is 5. The van der Waals surface area contributed by atoms with Crippen molar-refractivity contribution in [1.29, 1.82) is 5.41 Å². The largest absolute Gasteiger partial charge is 0.416 e. The van der Waals surface area contributed by atoms with Gasteiger partial charge >= 0.3 is 6.18 Å². The Labute approximate surface area is 136 Å². The van der Waals surface area contributed by atoms with Crippen molar-refractivity contribution < 1.29 is 17.6 Å². The molecule has 0 radical (unpaired) electrons. The van der Waals surface area contributed by atoms with E-state index in [1.54, 1.807) is 6.07 Å². The second-order valence-electron chi connectivity index (χ2n) is 5.02. The second-order valence-corrected chi connectivity index (χ2v) is 5.02. The third kappa shape index (κ3) is 4.42. The number of hydrogen-bond donors (Lipinski definition) is 3. The average molecular weight is 337 g/mol. The molecular formula is C17H15F4N3. The molecule has 0 aliphatic carbocycles. The Morgan fingerprint density at radius 2 is 1.79 bits per heavy atom. The highest BCUT2D eigenvalue weighted by atomic mass is 19.4. The number of nitrogens with two attached hydrogens (primary N) is 1. The summed E-state index contributed by atoms with van der Waals surface area (Å²) in [5, 5.41) is 10.2. The van der Waals surface area contributed by atoms with Crippen LogP contribution in [0.5, 0.6) is 0 Å². The van der Waals surface area contributed by atoms with Crippen molar-refractivity contribution in [2.75, 3.05) is 5.32 Å². The molecule has 0 spiro atoms. The number of alkyl halides is 3. The number of benzene rings is 2. The maximum absolute atomic E-state index is 13.5. The number of halogens is 4. The molecule has 0 heterocycles. The van der Waals surface area contributed by atoms with Crippen molar-refractivity contribution in [3.8, 4) is 0 Å². The quantitative estimate of drug-likeness (QED) is 0.559. The molecule has 0 aliphatic rings. The van der Waals surface area contributed by atoms with Gasteiger partial charge in [-0.25, -0.2) is 4.39 Å². The first-order chi connectivity index (χ1) is 11.3. The topological polar surface area (TPSA) is 61.9 Å². The van der Waals surface area contributed by atoms with Crippen LogP contribution in [-0.4, -0.2) is 6.21 Å². The number of nitrogens with one attached hydrogen (secondary N) is 2. The van der Waals surface area contributed by atoms with Gasteiger partial charge in [0.2, 0.25) is 0 Å². The van der Waals surface area contributed by atoms with Crippen LogP contribution in [-0.2, 0) is 12.7 Å². The third-order valence-corrected chi connectivity index (χ3v) is 3.29. The Kier molecular flexibility index (Phi) is 5.35. The Morgan fingerprint density at radius 1 is 1.12 bits per heavy atom. The minimum Gasteiger partial charge on any atom is -0.361 e. The highest BCUT2D eigenvalue weighted by Crippen LogP contribution is 2.29. The van der Waals surface area contributed by atoms with Gasteiger partial charge in [0, 0.05) is 30.2 Å². The van der Waals surface area contributed by atoms with E-state index in [0.29, 0.717) is 22.4 Å². The Balaban J connectivity index is 2.22. The molecule has 0 amide bonds. The molecular weight excluding hydrogens is 322 g/mol. The molecule has 0 atom stereocenters. The van der Waals surface area contributed by atoms with Crippen molar-refractivity contribution >= 4 is 17.5 Å². The van der Waals surface area contributed by atoms with Crippen LogP contribution in [0, 0.1) is 11.2 Å². The molecule has 0 aromatic heterocycles. The van der Waals surface area contributed by atoms with Crippen LogP contribution in [0.4, 0.5) is 23.2 Å². The lowest BCUT2D eigenvalue weighted by molar-refractivity contribution is -0.137. The minimum atomic E-state index is -4.39. The lowest BCUT2D eigenvalue weighted by atomic mass is 10.0. The zero-order valence-electron chi connectivity index (χ0n) is 12.5. The maximum atomic E-state index is 13.5. The van der Waals surface area contributed by atoms with Crippen molar-refractivity contribution in [2.45, 2.75) is 12.7 Å². The molecule has 0 unspecified atom stereocenters. The van der Waals surface area contributed by atoms with E-state index in [-0.39, 0.29) is 6.54 Å². The molecule has 4 N–H and O–H groups in total. The van der Waals surface area contributed by atoms with Gasteiger partial charge in [-0.2, -0.15) is 13.2 Å². The van der Waals surface area contributed by atoms with Gasteiger partial charge in [0.15, 0.2) is 0 Å². The summed E-state index contributed by atoms with van der Waals surface area (Å²) in [5.41, 5.74) is 6.55. The summed E-state index contributed by atoms with van der Waals surface area (Å²) in [5.74, 6) is -0.477. The molecule has 0 fully saturated rings. The van der Waals surface area contributed by atoms with Crippen LogP contribution in [0.2, 0.25) is 0 Å². The van der Waals surface area contributed by atoms with Gasteiger partial charge in [-0.05, 0) is 53.6 Å². The lowest BCUT2D eigenvalue weighted by Gasteiger charge is -2.09. The first kappa shape index (κ1) is 17.7. The van der Waals surface area contributed by atoms with Gasteiger partial charge in [-0.3, -0.25) is 0 Å². The van der Waals surface area contributed by atoms with E-state index in [4.69, 9.17) is 11.1 Å². The van der Waals surface area contributed by atoms with Crippen molar-refractivity contribution in [1.82, 2.24) is 0 Å². The van der Waals surface area contributed by atoms with Crippen molar-refractivity contribution in [2.24, 2.45) is 5.73 Å². The first-order valence-corrected chi connectivity index (χ1v) is 6.98. The summed E-state index contributed by atoms with van der Waals surface area (Å²) < 4.78 is 51.1. The summed E-state index contributed by atoms with van der Waals surface area (Å²) in [6.45, 7) is 0.155. The second kappa shape index (κ2) is 7.27. The Hall–Kier alpha value is -2.67. The standard InChI is InChI=1S/C17H15F4N3/c18-15-6-11(8-22)5-12(7-15)13(9-23)10-24-16-3-1-14(2-4-16)17(19,20)21/h1-7,9-10,23-24H,8,22H2/b13-10+,23-9?. The molecule has 126 valence electrons. The zero-order valence-corrected chi connectivity index (χ0v) is 12.5. The summed E-state index contributed by atoms with van der Waals surface area (Å²) in [7, 11) is 0. The van der Waals surface area contributed by atoms with Crippen LogP contribution in [0.3, 0.4) is 0 Å². The fourth-order valence-electron chi connectivity index (χ4n) is 2.06. The van der Waals surface area contributed by atoms with E-state index in [2.05, 4.69) is 5.32 Å². The van der Waals surface area contributed by atoms with E-state index < -0.39 is 17.6 Å². The predicted molar refractivity (Wildman–Crippen MR) is 86.1 cm³/mol. The minimum absolute atomic E-state index is 0.155. The van der Waals surface area contributed by atoms with Gasteiger partial charge in [0.1, 0.15) is 5.82 Å². The molecule has 24 heavy (non-hydrogen) atoms. The molecule has 2 rings (SSSR count). The van der Waals surface area contributed by atoms with Gasteiger partial charge in [0.25, 0.3) is 0 Å². The van der Waals surface area contributed by atoms with E-state index in [0.717, 1.165) is 18.3 Å². The van der Waals surface area contributed by atoms with Gasteiger partial charge in [0.05, 0.1) is 5.56 Å². The SMILES string of the molecule is N=C/C(=C\Nc1ccc(C(F)(F)F)cc1)c1cc(F)cc(CN)c1. The van der Waals surface area contributed by atoms with Crippen LogP contribution >= 0.6 is 0 Å². The molecule has 0 saturated carbocycles. The van der Waals surface area contributed by atoms with Crippen molar-refractivity contribution in [3.63, 3.8) is 0 Å². The van der Waals surface area contributed by atoms with E-state index in [1.165, 1.54) is 30.5 Å². The molecule has 7 heteroatoms. The number of anilines is 1. The van der Waals surface area contributed by atoms with E-state index in [1.807, 2.05) is 0 Å². The molecule has 2 aromatic carbocycles. The normalized spacial score (nSPS) is 12.1. The highest BCUT2D eigenvalue weighted by molar-refractivity contribution is 6.08. The van der Waals surface area contributed by atoms with Gasteiger partial charge in [-0.1, -0.05) is 0 Å². The molecule has 2 aromatic rings. The molecule has 0 saturated heterocycles. The third-order valence-electron chi connectivity index (χ3n) is 3.29. The molecule has 0 bridgehead atoms. The molecule has 3 nitrogen and oxygen atoms in total. The smallest absolute Gasteiger partial charge is 0.361 e. The van der Waals surface area contributed by atoms with Crippen LogP contribution in [0.1, 0.15) is 16.7 Å². The fraction of sp³-hybridized carbons (Fsp3) is 0.118. The fourth-order valence-corrected chi connectivity index (χ4v) is 2.06. The Morgan fingerprint density at radius 3 is 2.33 bits per heavy atom. The molecule has 0 aliphatic heterocycles. The summed E-state index contributed by atoms with van der Waals surface area (Å²) in [6.07, 6.45) is -1.95. The monoisotopic (exact) mass is 337 g/mol. The van der Waals surface area contributed by atoms with Gasteiger partial charge in [-0.15, -0.1) is 0 Å². The zero-order chi connectivity index (χ0) is 17.7. The van der Waals surface area contributed by atoms with E-state index >= 15 is 0 Å². The first-order valence-electron chi connectivity index (χ1n) is 6.98. The van der Waals surface area contributed by atoms with E-state index in [9.17, 15) is 17.6 Å².